The van der Waals surface area contributed by atoms with Gasteiger partial charge >= 0.3 is 0 Å². The van der Waals surface area contributed by atoms with Crippen molar-refractivity contribution in [2.45, 2.75) is 24.4 Å². The lowest BCUT2D eigenvalue weighted by Crippen LogP contribution is -2.43. The lowest BCUT2D eigenvalue weighted by atomic mass is 9.74. The van der Waals surface area contributed by atoms with Gasteiger partial charge in [-0.2, -0.15) is 0 Å². The van der Waals surface area contributed by atoms with E-state index < -0.39 is 11.5 Å². The van der Waals surface area contributed by atoms with E-state index in [0.29, 0.717) is 24.4 Å². The quantitative estimate of drug-likeness (QED) is 0.692. The van der Waals surface area contributed by atoms with E-state index in [1.165, 1.54) is 0 Å². The van der Waals surface area contributed by atoms with Crippen LogP contribution in [0.25, 0.3) is 0 Å². The molecule has 2 aromatic carbocycles. The lowest BCUT2D eigenvalue weighted by Gasteiger charge is -2.33. The second-order valence-corrected chi connectivity index (χ2v) is 8.95. The van der Waals surface area contributed by atoms with Gasteiger partial charge in [0.1, 0.15) is 17.3 Å². The van der Waals surface area contributed by atoms with E-state index in [2.05, 4.69) is 15.2 Å². The monoisotopic (exact) mass is 429 g/mol. The van der Waals surface area contributed by atoms with Crippen molar-refractivity contribution in [3.8, 4) is 0 Å². The number of carbonyl (C=O) groups excluding carboxylic acids is 2. The number of aryl methyl sites for hydroxylation is 1. The number of hydrogen-bond donors (Lipinski definition) is 1. The van der Waals surface area contributed by atoms with Crippen molar-refractivity contribution < 1.29 is 9.59 Å². The van der Waals surface area contributed by atoms with Crippen molar-refractivity contribution in [3.63, 3.8) is 0 Å². The molecule has 32 heavy (non-hydrogen) atoms. The summed E-state index contributed by atoms with van der Waals surface area (Å²) in [6.07, 6.45) is 4.13. The van der Waals surface area contributed by atoms with Crippen molar-refractivity contribution in [2.75, 3.05) is 26.0 Å². The van der Waals surface area contributed by atoms with Gasteiger partial charge in [-0.15, -0.1) is 0 Å². The number of carbonyl (C=O) groups is 2. The summed E-state index contributed by atoms with van der Waals surface area (Å²) in [6, 6.07) is 15.0. The summed E-state index contributed by atoms with van der Waals surface area (Å²) in [5, 5.41) is 3.05. The fourth-order valence-electron chi connectivity index (χ4n) is 5.19. The Bertz CT molecular complexity index is 1180. The minimum Gasteiger partial charge on any atom is -0.336 e. The van der Waals surface area contributed by atoms with E-state index >= 15 is 0 Å². The number of anilines is 1. The SMILES string of the molecule is CN(C)Cc1ccc(C(=O)N2CC[C@]3(C(=O)Nc4ccccc43)[C@@H]2c2nccn2C)cc1. The zero-order valence-electron chi connectivity index (χ0n) is 18.6. The molecule has 0 saturated carbocycles. The standard InChI is InChI=1S/C25H27N5O2/c1-28(2)16-17-8-10-18(11-9-17)23(31)30-14-12-25(21(30)22-26-13-15-29(22)3)19-6-4-5-7-20(19)27-24(25)32/h4-11,13,15,21H,12,14,16H2,1-3H3,(H,27,32)/t21-,25+/m0/s1. The summed E-state index contributed by atoms with van der Waals surface area (Å²) in [7, 11) is 5.95. The van der Waals surface area contributed by atoms with E-state index in [1.54, 1.807) is 6.20 Å². The van der Waals surface area contributed by atoms with E-state index in [4.69, 9.17) is 0 Å². The zero-order chi connectivity index (χ0) is 22.5. The number of benzene rings is 2. The van der Waals surface area contributed by atoms with E-state index in [1.807, 2.05) is 85.3 Å². The molecule has 2 aliphatic rings. The highest BCUT2D eigenvalue weighted by Gasteiger charge is 2.60. The molecule has 1 aromatic heterocycles. The molecule has 5 rings (SSSR count). The first-order valence-corrected chi connectivity index (χ1v) is 10.8. The minimum atomic E-state index is -0.851. The number of likely N-dealkylation sites (tertiary alicyclic amines) is 1. The summed E-state index contributed by atoms with van der Waals surface area (Å²) in [4.78, 5) is 35.6. The third-order valence-corrected chi connectivity index (χ3v) is 6.65. The largest absolute Gasteiger partial charge is 0.336 e. The Morgan fingerprint density at radius 1 is 1.19 bits per heavy atom. The van der Waals surface area contributed by atoms with Gasteiger partial charge in [0.2, 0.25) is 5.91 Å². The Kier molecular flexibility index (Phi) is 4.86. The summed E-state index contributed by atoms with van der Waals surface area (Å²) in [5.41, 5.74) is 2.68. The topological polar surface area (TPSA) is 70.5 Å². The summed E-state index contributed by atoms with van der Waals surface area (Å²) >= 11 is 0. The molecule has 1 N–H and O–H groups in total. The molecule has 164 valence electrons. The zero-order valence-corrected chi connectivity index (χ0v) is 18.6. The average molecular weight is 430 g/mol. The number of rotatable bonds is 4. The van der Waals surface area contributed by atoms with Gasteiger partial charge in [0.15, 0.2) is 0 Å². The van der Waals surface area contributed by atoms with Gasteiger partial charge in [0.05, 0.1) is 0 Å². The molecule has 3 aromatic rings. The van der Waals surface area contributed by atoms with Gasteiger partial charge < -0.3 is 19.7 Å². The Balaban J connectivity index is 1.57. The van der Waals surface area contributed by atoms with Gasteiger partial charge in [-0.05, 0) is 49.8 Å². The highest BCUT2D eigenvalue weighted by Crippen LogP contribution is 2.54. The third kappa shape index (κ3) is 3.04. The van der Waals surface area contributed by atoms with Crippen LogP contribution in [0.4, 0.5) is 5.69 Å². The Morgan fingerprint density at radius 2 is 1.94 bits per heavy atom. The maximum absolute atomic E-state index is 13.7. The van der Waals surface area contributed by atoms with E-state index in [9.17, 15) is 9.59 Å². The number of para-hydroxylation sites is 1. The van der Waals surface area contributed by atoms with Gasteiger partial charge in [-0.25, -0.2) is 4.98 Å². The fourth-order valence-corrected chi connectivity index (χ4v) is 5.19. The maximum Gasteiger partial charge on any atom is 0.254 e. The molecule has 3 heterocycles. The second-order valence-electron chi connectivity index (χ2n) is 8.95. The first-order valence-electron chi connectivity index (χ1n) is 10.8. The van der Waals surface area contributed by atoms with Crippen molar-refractivity contribution in [2.24, 2.45) is 7.05 Å². The van der Waals surface area contributed by atoms with E-state index in [-0.39, 0.29) is 11.8 Å². The summed E-state index contributed by atoms with van der Waals surface area (Å²) in [6.45, 7) is 1.30. The van der Waals surface area contributed by atoms with Crippen LogP contribution in [0, 0.1) is 0 Å². The van der Waals surface area contributed by atoms with Crippen LogP contribution >= 0.6 is 0 Å². The van der Waals surface area contributed by atoms with Crippen LogP contribution in [0.1, 0.15) is 39.8 Å². The number of imidazole rings is 1. The van der Waals surface area contributed by atoms with Crippen LogP contribution in [-0.2, 0) is 23.8 Å². The number of fused-ring (bicyclic) bond motifs is 2. The highest BCUT2D eigenvalue weighted by molar-refractivity contribution is 6.08. The number of amides is 2. The van der Waals surface area contributed by atoms with Crippen LogP contribution in [-0.4, -0.2) is 51.8 Å². The molecule has 0 aliphatic carbocycles. The average Bonchev–Trinajstić information content (AvgIpc) is 3.44. The molecule has 0 unspecified atom stereocenters. The first-order chi connectivity index (χ1) is 15.4. The number of hydrogen-bond acceptors (Lipinski definition) is 4. The molecule has 7 heteroatoms. The van der Waals surface area contributed by atoms with Crippen molar-refractivity contribution in [3.05, 3.63) is 83.4 Å². The molecular weight excluding hydrogens is 402 g/mol. The van der Waals surface area contributed by atoms with Crippen LogP contribution in [0.3, 0.4) is 0 Å². The van der Waals surface area contributed by atoms with Crippen molar-refractivity contribution in [1.82, 2.24) is 19.4 Å². The first kappa shape index (κ1) is 20.5. The minimum absolute atomic E-state index is 0.0664. The molecule has 1 spiro atoms. The Hall–Kier alpha value is -3.45. The number of nitrogens with one attached hydrogen (secondary N) is 1. The van der Waals surface area contributed by atoms with Crippen molar-refractivity contribution >= 4 is 17.5 Å². The third-order valence-electron chi connectivity index (χ3n) is 6.65. The maximum atomic E-state index is 13.7. The predicted molar refractivity (Wildman–Crippen MR) is 122 cm³/mol. The molecule has 2 amide bonds. The van der Waals surface area contributed by atoms with Crippen LogP contribution < -0.4 is 5.32 Å². The molecule has 2 atom stereocenters. The van der Waals surface area contributed by atoms with E-state index in [0.717, 1.165) is 23.4 Å². The molecule has 0 bridgehead atoms. The number of aromatic nitrogens is 2. The van der Waals surface area contributed by atoms with Gasteiger partial charge in [0, 0.05) is 43.8 Å². The normalized spacial score (nSPS) is 21.9. The Morgan fingerprint density at radius 3 is 2.62 bits per heavy atom. The highest BCUT2D eigenvalue weighted by atomic mass is 16.2. The van der Waals surface area contributed by atoms with Crippen LogP contribution in [0.5, 0.6) is 0 Å². The molecule has 2 aliphatic heterocycles. The van der Waals surface area contributed by atoms with Gasteiger partial charge in [-0.1, -0.05) is 30.3 Å². The summed E-state index contributed by atoms with van der Waals surface area (Å²) in [5.74, 6) is 0.568. The van der Waals surface area contributed by atoms with Crippen molar-refractivity contribution in [1.29, 1.82) is 0 Å². The van der Waals surface area contributed by atoms with Gasteiger partial charge in [-0.3, -0.25) is 9.59 Å². The Labute approximate surface area is 187 Å². The van der Waals surface area contributed by atoms with Crippen LogP contribution in [0.2, 0.25) is 0 Å². The second kappa shape index (κ2) is 7.60. The van der Waals surface area contributed by atoms with Gasteiger partial charge in [0.25, 0.3) is 5.91 Å². The molecular formula is C25H27N5O2. The lowest BCUT2D eigenvalue weighted by molar-refractivity contribution is -0.121. The smallest absolute Gasteiger partial charge is 0.254 e. The predicted octanol–water partition coefficient (Wildman–Crippen LogP) is 2.96. The fraction of sp³-hybridized carbons (Fsp3) is 0.320. The molecule has 7 nitrogen and oxygen atoms in total. The van der Waals surface area contributed by atoms with Crippen LogP contribution in [0.15, 0.2) is 60.9 Å². The molecule has 1 saturated heterocycles. The summed E-state index contributed by atoms with van der Waals surface area (Å²) < 4.78 is 1.91. The molecule has 0 radical (unpaired) electrons. The number of nitrogens with zero attached hydrogens (tertiary/aromatic N) is 4. The molecule has 1 fully saturated rings.